The van der Waals surface area contributed by atoms with E-state index in [1.54, 1.807) is 6.08 Å². The maximum Gasteiger partial charge on any atom is 0.306 e. The van der Waals surface area contributed by atoms with E-state index < -0.39 is 67.4 Å². The van der Waals surface area contributed by atoms with Gasteiger partial charge in [0.25, 0.3) is 0 Å². The normalized spacial score (nSPS) is 19.0. The van der Waals surface area contributed by atoms with Gasteiger partial charge < -0.3 is 45.1 Å². The quantitative estimate of drug-likeness (QED) is 0.0195. The number of carbonyl (C=O) groups is 2. The highest BCUT2D eigenvalue weighted by Gasteiger charge is 2.47. The number of amides is 1. The number of rotatable bonds is 59. The van der Waals surface area contributed by atoms with E-state index in [0.717, 1.165) is 148 Å². The van der Waals surface area contributed by atoms with Crippen LogP contribution in [-0.4, -0.2) is 99.6 Å². The lowest BCUT2D eigenvalue weighted by molar-refractivity contribution is -0.305. The van der Waals surface area contributed by atoms with Crippen molar-refractivity contribution in [3.8, 4) is 0 Å². The summed E-state index contributed by atoms with van der Waals surface area (Å²) in [6, 6.07) is -1.04. The van der Waals surface area contributed by atoms with Crippen molar-refractivity contribution in [2.75, 3.05) is 13.2 Å². The first-order chi connectivity index (χ1) is 43.2. The Kier molecular flexibility index (Phi) is 58.5. The largest absolute Gasteiger partial charge is 0.454 e. The number of esters is 1. The molecule has 0 aliphatic carbocycles. The van der Waals surface area contributed by atoms with Gasteiger partial charge in [-0.2, -0.15) is 0 Å². The Balaban J connectivity index is 2.59. The van der Waals surface area contributed by atoms with Gasteiger partial charge in [0.05, 0.1) is 25.4 Å². The second-order valence-electron chi connectivity index (χ2n) is 23.9. The first-order valence-corrected chi connectivity index (χ1v) is 35.5. The molecule has 1 rings (SSSR count). The number of unbranched alkanes of at least 4 members (excludes halogenated alkanes) is 25. The smallest absolute Gasteiger partial charge is 0.306 e. The van der Waals surface area contributed by atoms with E-state index in [4.69, 9.17) is 14.2 Å². The van der Waals surface area contributed by atoms with Gasteiger partial charge >= 0.3 is 5.97 Å². The second kappa shape index (κ2) is 63.0. The second-order valence-corrected chi connectivity index (χ2v) is 23.9. The van der Waals surface area contributed by atoms with Crippen LogP contribution in [0.5, 0.6) is 0 Å². The molecule has 0 bridgehead atoms. The summed E-state index contributed by atoms with van der Waals surface area (Å²) in [5, 5.41) is 57.2. The summed E-state index contributed by atoms with van der Waals surface area (Å²) in [5.41, 5.74) is 0. The molecule has 1 amide bonds. The highest BCUT2D eigenvalue weighted by Crippen LogP contribution is 2.26. The Morgan fingerprint density at radius 2 is 0.818 bits per heavy atom. The number of ether oxygens (including phenoxy) is 3. The van der Waals surface area contributed by atoms with Crippen LogP contribution in [0, 0.1) is 0 Å². The van der Waals surface area contributed by atoms with Gasteiger partial charge in [-0.3, -0.25) is 9.59 Å². The van der Waals surface area contributed by atoms with E-state index in [0.29, 0.717) is 12.8 Å². The molecule has 0 saturated carbocycles. The molecule has 1 fully saturated rings. The number of nitrogens with one attached hydrogen (secondary N) is 1. The van der Waals surface area contributed by atoms with Crippen LogP contribution in [-0.2, 0) is 23.8 Å². The van der Waals surface area contributed by atoms with Gasteiger partial charge in [-0.05, 0) is 116 Å². The molecule has 0 aromatic carbocycles. The number of aliphatic hydroxyl groups excluding tert-OH is 5. The molecule has 0 spiro atoms. The van der Waals surface area contributed by atoms with Crippen molar-refractivity contribution < 1.29 is 49.3 Å². The number of hydrogen-bond acceptors (Lipinski definition) is 10. The fraction of sp³-hybridized carbons (Fsp3) is 0.688. The molecule has 1 aliphatic rings. The van der Waals surface area contributed by atoms with Gasteiger partial charge in [-0.15, -0.1) is 0 Å². The molecule has 0 aromatic heterocycles. The van der Waals surface area contributed by atoms with Crippen LogP contribution in [0.4, 0.5) is 0 Å². The predicted molar refractivity (Wildman–Crippen MR) is 370 cm³/mol. The average molecular weight is 1230 g/mol. The van der Waals surface area contributed by atoms with Gasteiger partial charge in [0.2, 0.25) is 5.91 Å². The topological polar surface area (TPSA) is 175 Å². The molecule has 1 heterocycles. The molecule has 88 heavy (non-hydrogen) atoms. The van der Waals surface area contributed by atoms with Crippen LogP contribution < -0.4 is 5.32 Å². The van der Waals surface area contributed by atoms with E-state index in [1.807, 2.05) is 6.08 Å². The van der Waals surface area contributed by atoms with Crippen LogP contribution >= 0.6 is 0 Å². The minimum atomic E-state index is -1.63. The van der Waals surface area contributed by atoms with E-state index in [1.165, 1.54) is 83.5 Å². The van der Waals surface area contributed by atoms with Gasteiger partial charge in [0.1, 0.15) is 24.4 Å². The van der Waals surface area contributed by atoms with Crippen LogP contribution in [0.1, 0.15) is 278 Å². The first kappa shape index (κ1) is 81.8. The molecule has 502 valence electrons. The maximum absolute atomic E-state index is 13.5. The maximum atomic E-state index is 13.5. The fourth-order valence-electron chi connectivity index (χ4n) is 10.3. The molecule has 6 N–H and O–H groups in total. The first-order valence-electron chi connectivity index (χ1n) is 35.5. The monoisotopic (exact) mass is 1230 g/mol. The Morgan fingerprint density at radius 1 is 0.455 bits per heavy atom. The molecule has 11 nitrogen and oxygen atoms in total. The summed E-state index contributed by atoms with van der Waals surface area (Å²) < 4.78 is 17.7. The fourth-order valence-corrected chi connectivity index (χ4v) is 10.3. The van der Waals surface area contributed by atoms with E-state index in [9.17, 15) is 35.1 Å². The summed E-state index contributed by atoms with van der Waals surface area (Å²) in [6.07, 6.45) is 79.1. The molecule has 1 aliphatic heterocycles. The lowest BCUT2D eigenvalue weighted by atomic mass is 9.99. The molecule has 0 aromatic rings. The summed E-state index contributed by atoms with van der Waals surface area (Å²) in [6.45, 7) is 5.56. The zero-order chi connectivity index (χ0) is 63.9. The highest BCUT2D eigenvalue weighted by molar-refractivity contribution is 5.80. The third-order valence-electron chi connectivity index (χ3n) is 15.8. The van der Waals surface area contributed by atoms with Gasteiger partial charge in [-0.1, -0.05) is 289 Å². The lowest BCUT2D eigenvalue weighted by Gasteiger charge is -2.41. The number of hydrogen-bond donors (Lipinski definition) is 6. The molecule has 1 saturated heterocycles. The predicted octanol–water partition coefficient (Wildman–Crippen LogP) is 18.3. The summed E-state index contributed by atoms with van der Waals surface area (Å²) in [7, 11) is 0. The van der Waals surface area contributed by atoms with E-state index in [2.05, 4.69) is 148 Å². The average Bonchev–Trinajstić information content (AvgIpc) is 1.29. The van der Waals surface area contributed by atoms with Crippen molar-refractivity contribution in [1.29, 1.82) is 0 Å². The highest BCUT2D eigenvalue weighted by atomic mass is 16.7. The third-order valence-corrected chi connectivity index (χ3v) is 15.8. The van der Waals surface area contributed by atoms with Crippen LogP contribution in [0.2, 0.25) is 0 Å². The van der Waals surface area contributed by atoms with Crippen molar-refractivity contribution in [2.24, 2.45) is 0 Å². The van der Waals surface area contributed by atoms with E-state index in [-0.39, 0.29) is 19.4 Å². The molecule has 8 atom stereocenters. The Morgan fingerprint density at radius 3 is 1.23 bits per heavy atom. The molecule has 8 unspecified atom stereocenters. The molecule has 0 radical (unpaired) electrons. The minimum Gasteiger partial charge on any atom is -0.454 e. The molecular weight excluding hydrogens is 1100 g/mol. The standard InChI is InChI=1S/C77H129NO10/c1-4-7-10-13-16-19-22-25-27-29-31-33-34-35-36-37-38-39-41-43-45-47-50-53-56-59-62-65-72(82)88-75-74(84)73(83)71(66-79)87-77(75)86-67-68(69(80)63-60-57-54-51-48-24-21-18-15-12-9-6-3)78-76(85)70(81)64-61-58-55-52-49-46-44-42-40-32-30-28-26-23-20-17-14-11-8-5-2/h7-8,10-11,16-17,19-20,25-28,31-33,35-36,40,44,46,60,63,68-71,73-75,77,79-81,83-84H,4-6,9,12-15,18,21-24,29-30,34,37-39,41-43,45,47-59,61-62,64-67H2,1-3H3,(H,78,85)/b10-7-,11-8-,19-16-,20-17-,27-25-,28-26-,33-31-,36-35-,40-32-,46-44-,63-60+. The van der Waals surface area contributed by atoms with Crippen molar-refractivity contribution in [3.05, 3.63) is 134 Å². The summed E-state index contributed by atoms with van der Waals surface area (Å²) in [5.74, 6) is -1.22. The Labute approximate surface area is 537 Å². The minimum absolute atomic E-state index is 0.110. The van der Waals surface area contributed by atoms with Gasteiger partial charge in [0.15, 0.2) is 12.4 Å². The van der Waals surface area contributed by atoms with Crippen molar-refractivity contribution in [2.45, 2.75) is 327 Å². The van der Waals surface area contributed by atoms with Crippen molar-refractivity contribution in [1.82, 2.24) is 5.32 Å². The van der Waals surface area contributed by atoms with Crippen molar-refractivity contribution >= 4 is 11.9 Å². The van der Waals surface area contributed by atoms with Gasteiger partial charge in [0, 0.05) is 6.42 Å². The SMILES string of the molecule is CC/C=C\C/C=C\C/C=C\C/C=C\C/C=C\CCCCCCCCCCCCCC(=O)OC1C(OCC(NC(=O)C(O)CCCCCC/C=C\C/C=C\C/C=C\C/C=C\C/C=C\CC)C(O)/C=C/CCCCCCCCCCCC)OC(CO)C(O)C1O. The summed E-state index contributed by atoms with van der Waals surface area (Å²) in [4.78, 5) is 26.7. The third kappa shape index (κ3) is 49.6. The number of carbonyl (C=O) groups excluding carboxylic acids is 2. The zero-order valence-corrected chi connectivity index (χ0v) is 55.8. The van der Waals surface area contributed by atoms with Crippen LogP contribution in [0.3, 0.4) is 0 Å². The van der Waals surface area contributed by atoms with Crippen LogP contribution in [0.15, 0.2) is 134 Å². The Bertz CT molecular complexity index is 1950. The van der Waals surface area contributed by atoms with Crippen molar-refractivity contribution in [3.63, 3.8) is 0 Å². The summed E-state index contributed by atoms with van der Waals surface area (Å²) >= 11 is 0. The molecular formula is C77H129NO10. The number of allylic oxidation sites excluding steroid dienone is 21. The number of aliphatic hydroxyl groups is 5. The Hall–Kier alpha value is -4.20. The lowest BCUT2D eigenvalue weighted by Crippen LogP contribution is -2.61. The van der Waals surface area contributed by atoms with E-state index >= 15 is 0 Å². The van der Waals surface area contributed by atoms with Gasteiger partial charge in [-0.25, -0.2) is 0 Å². The molecule has 11 heteroatoms. The van der Waals surface area contributed by atoms with Crippen LogP contribution in [0.25, 0.3) is 0 Å². The zero-order valence-electron chi connectivity index (χ0n) is 55.8.